The lowest BCUT2D eigenvalue weighted by Gasteiger charge is -2.07. The second kappa shape index (κ2) is 5.33. The summed E-state index contributed by atoms with van der Waals surface area (Å²) in [4.78, 5) is 11.3. The molecule has 106 valence electrons. The number of anilines is 1. The predicted molar refractivity (Wildman–Crippen MR) is 71.9 cm³/mol. The summed E-state index contributed by atoms with van der Waals surface area (Å²) in [5.41, 5.74) is 1.14. The van der Waals surface area contributed by atoms with Gasteiger partial charge in [0.15, 0.2) is 0 Å². The molecule has 7 nitrogen and oxygen atoms in total. The lowest BCUT2D eigenvalue weighted by molar-refractivity contribution is 0.0601. The highest BCUT2D eigenvalue weighted by Gasteiger charge is 2.18. The van der Waals surface area contributed by atoms with Crippen molar-refractivity contribution in [2.45, 2.75) is 11.8 Å². The Morgan fingerprint density at radius 1 is 1.30 bits per heavy atom. The maximum atomic E-state index is 12.1. The van der Waals surface area contributed by atoms with Gasteiger partial charge in [0, 0.05) is 5.69 Å². The highest BCUT2D eigenvalue weighted by molar-refractivity contribution is 7.92. The number of carbonyl (C=O) groups is 1. The van der Waals surface area contributed by atoms with Crippen LogP contribution in [0.25, 0.3) is 0 Å². The highest BCUT2D eigenvalue weighted by atomic mass is 32.2. The van der Waals surface area contributed by atoms with Crippen LogP contribution in [-0.2, 0) is 14.8 Å². The molecular formula is C12H13N3O4S. The number of sulfonamides is 1. The van der Waals surface area contributed by atoms with E-state index in [2.05, 4.69) is 19.7 Å². The minimum absolute atomic E-state index is 0.0783. The number of aromatic nitrogens is 2. The fourth-order valence-electron chi connectivity index (χ4n) is 1.61. The van der Waals surface area contributed by atoms with Crippen molar-refractivity contribution in [3.63, 3.8) is 0 Å². The lowest BCUT2D eigenvalue weighted by atomic mass is 10.2. The van der Waals surface area contributed by atoms with E-state index in [1.807, 2.05) is 0 Å². The van der Waals surface area contributed by atoms with Gasteiger partial charge in [0.25, 0.3) is 10.0 Å². The number of nitrogens with zero attached hydrogens (tertiary/aromatic N) is 1. The molecule has 0 unspecified atom stereocenters. The van der Waals surface area contributed by atoms with Crippen molar-refractivity contribution in [1.82, 2.24) is 10.2 Å². The first-order valence-corrected chi connectivity index (χ1v) is 7.13. The highest BCUT2D eigenvalue weighted by Crippen LogP contribution is 2.18. The van der Waals surface area contributed by atoms with Gasteiger partial charge in [-0.1, -0.05) is 0 Å². The molecule has 0 saturated carbocycles. The van der Waals surface area contributed by atoms with E-state index in [0.29, 0.717) is 16.9 Å². The molecule has 0 bridgehead atoms. The number of methoxy groups -OCH3 is 1. The van der Waals surface area contributed by atoms with Gasteiger partial charge in [-0.25, -0.2) is 13.2 Å². The number of carbonyl (C=O) groups excluding carboxylic acids is 1. The van der Waals surface area contributed by atoms with Crippen LogP contribution >= 0.6 is 0 Å². The summed E-state index contributed by atoms with van der Waals surface area (Å²) < 4.78 is 31.2. The number of esters is 1. The molecule has 1 aromatic heterocycles. The van der Waals surface area contributed by atoms with Gasteiger partial charge in [-0.2, -0.15) is 5.10 Å². The van der Waals surface area contributed by atoms with Gasteiger partial charge >= 0.3 is 5.97 Å². The average molecular weight is 295 g/mol. The third kappa shape index (κ3) is 2.80. The number of rotatable bonds is 4. The molecular weight excluding hydrogens is 282 g/mol. The third-order valence-electron chi connectivity index (χ3n) is 2.63. The van der Waals surface area contributed by atoms with Crippen molar-refractivity contribution in [3.05, 3.63) is 41.7 Å². The van der Waals surface area contributed by atoms with Crippen molar-refractivity contribution in [2.75, 3.05) is 11.8 Å². The minimum Gasteiger partial charge on any atom is -0.465 e. The topological polar surface area (TPSA) is 101 Å². The number of aromatic amines is 1. The first-order valence-electron chi connectivity index (χ1n) is 5.65. The fraction of sp³-hybridized carbons (Fsp3) is 0.167. The molecule has 20 heavy (non-hydrogen) atoms. The normalized spacial score (nSPS) is 11.1. The third-order valence-corrected chi connectivity index (χ3v) is 4.13. The van der Waals surface area contributed by atoms with E-state index >= 15 is 0 Å². The molecule has 2 aromatic rings. The zero-order chi connectivity index (χ0) is 14.8. The molecule has 0 amide bonds. The molecule has 0 radical (unpaired) electrons. The summed E-state index contributed by atoms with van der Waals surface area (Å²) in [7, 11) is -2.42. The molecule has 0 saturated heterocycles. The van der Waals surface area contributed by atoms with E-state index in [-0.39, 0.29) is 4.90 Å². The first-order chi connectivity index (χ1) is 9.44. The number of hydrogen-bond donors (Lipinski definition) is 2. The zero-order valence-corrected chi connectivity index (χ0v) is 11.7. The van der Waals surface area contributed by atoms with Gasteiger partial charge in [-0.05, 0) is 31.2 Å². The Balaban J connectivity index is 2.22. The largest absolute Gasteiger partial charge is 0.465 e. The van der Waals surface area contributed by atoms with E-state index in [1.54, 1.807) is 6.92 Å². The molecule has 0 fully saturated rings. The number of nitrogens with one attached hydrogen (secondary N) is 2. The molecule has 1 heterocycles. The number of hydrogen-bond acceptors (Lipinski definition) is 5. The minimum atomic E-state index is -3.70. The van der Waals surface area contributed by atoms with E-state index in [4.69, 9.17) is 0 Å². The predicted octanol–water partition coefficient (Wildman–Crippen LogP) is 1.31. The van der Waals surface area contributed by atoms with Crippen LogP contribution in [-0.4, -0.2) is 31.7 Å². The van der Waals surface area contributed by atoms with Crippen LogP contribution in [0.5, 0.6) is 0 Å². The summed E-state index contributed by atoms with van der Waals surface area (Å²) in [6, 6.07) is 5.93. The molecule has 0 spiro atoms. The number of benzene rings is 1. The number of aryl methyl sites for hydroxylation is 1. The maximum Gasteiger partial charge on any atom is 0.337 e. The second-order valence-corrected chi connectivity index (χ2v) is 5.68. The summed E-state index contributed by atoms with van der Waals surface area (Å²) in [5, 5.41) is 6.23. The molecule has 2 N–H and O–H groups in total. The Kier molecular flexibility index (Phi) is 3.75. The molecule has 1 aromatic carbocycles. The Morgan fingerprint density at radius 3 is 2.45 bits per heavy atom. The van der Waals surface area contributed by atoms with Crippen LogP contribution < -0.4 is 4.72 Å². The second-order valence-electron chi connectivity index (χ2n) is 4.03. The Morgan fingerprint density at radius 2 is 1.95 bits per heavy atom. The SMILES string of the molecule is COC(=O)c1ccc(NS(=O)(=O)c2cn[nH]c2C)cc1. The van der Waals surface area contributed by atoms with Crippen molar-refractivity contribution in [1.29, 1.82) is 0 Å². The van der Waals surface area contributed by atoms with Gasteiger partial charge < -0.3 is 4.74 Å². The van der Waals surface area contributed by atoms with Crippen molar-refractivity contribution < 1.29 is 17.9 Å². The van der Waals surface area contributed by atoms with Crippen LogP contribution in [0.3, 0.4) is 0 Å². The van der Waals surface area contributed by atoms with Crippen LogP contribution in [0.2, 0.25) is 0 Å². The summed E-state index contributed by atoms with van der Waals surface area (Å²) in [5.74, 6) is -0.481. The van der Waals surface area contributed by atoms with Crippen LogP contribution in [0.1, 0.15) is 16.1 Å². The van der Waals surface area contributed by atoms with Gasteiger partial charge in [-0.3, -0.25) is 9.82 Å². The van der Waals surface area contributed by atoms with Gasteiger partial charge in [0.05, 0.1) is 24.6 Å². The van der Waals surface area contributed by atoms with Crippen LogP contribution in [0.4, 0.5) is 5.69 Å². The van der Waals surface area contributed by atoms with E-state index in [9.17, 15) is 13.2 Å². The monoisotopic (exact) mass is 295 g/mol. The molecule has 0 aliphatic rings. The maximum absolute atomic E-state index is 12.1. The zero-order valence-electron chi connectivity index (χ0n) is 10.9. The first kappa shape index (κ1) is 14.1. The standard InChI is InChI=1S/C12H13N3O4S/c1-8-11(7-13-14-8)20(17,18)15-10-5-3-9(4-6-10)12(16)19-2/h3-7,15H,1-2H3,(H,13,14). The molecule has 0 atom stereocenters. The molecule has 0 aliphatic carbocycles. The lowest BCUT2D eigenvalue weighted by Crippen LogP contribution is -2.13. The summed E-state index contributed by atoms with van der Waals surface area (Å²) in [6.45, 7) is 1.61. The Labute approximate surface area is 116 Å². The Hall–Kier alpha value is -2.35. The summed E-state index contributed by atoms with van der Waals surface area (Å²) in [6.07, 6.45) is 1.24. The van der Waals surface area contributed by atoms with Crippen LogP contribution in [0.15, 0.2) is 35.4 Å². The number of H-pyrrole nitrogens is 1. The van der Waals surface area contributed by atoms with Crippen molar-refractivity contribution in [3.8, 4) is 0 Å². The molecule has 8 heteroatoms. The van der Waals surface area contributed by atoms with Crippen molar-refractivity contribution >= 4 is 21.7 Å². The smallest absolute Gasteiger partial charge is 0.337 e. The van der Waals surface area contributed by atoms with Gasteiger partial charge in [0.2, 0.25) is 0 Å². The van der Waals surface area contributed by atoms with Crippen molar-refractivity contribution in [2.24, 2.45) is 0 Å². The molecule has 2 rings (SSSR count). The summed E-state index contributed by atoms with van der Waals surface area (Å²) >= 11 is 0. The fourth-order valence-corrected chi connectivity index (χ4v) is 2.81. The molecule has 0 aliphatic heterocycles. The van der Waals surface area contributed by atoms with E-state index < -0.39 is 16.0 Å². The van der Waals surface area contributed by atoms with Crippen LogP contribution in [0, 0.1) is 6.92 Å². The van der Waals surface area contributed by atoms with E-state index in [0.717, 1.165) is 0 Å². The van der Waals surface area contributed by atoms with Gasteiger partial charge in [0.1, 0.15) is 4.90 Å². The van der Waals surface area contributed by atoms with Gasteiger partial charge in [-0.15, -0.1) is 0 Å². The quantitative estimate of drug-likeness (QED) is 0.828. The Bertz CT molecular complexity index is 719. The van der Waals surface area contributed by atoms with E-state index in [1.165, 1.54) is 37.6 Å². The number of ether oxygens (including phenoxy) is 1. The average Bonchev–Trinajstić information content (AvgIpc) is 2.85.